The standard InChI is InChI=1S/C23H23N3O2/c1-5-9-28-21-8-7-17(13-22(21)27-6-2)12-18(14-24)23-25-19-10-15(3)16(4)11-20(19)26-23/h5,7-8,10-13H,1,6,9H2,2-4H3,(H,25,26)/b18-12+. The summed E-state index contributed by atoms with van der Waals surface area (Å²) in [4.78, 5) is 7.83. The Labute approximate surface area is 164 Å². The lowest BCUT2D eigenvalue weighted by molar-refractivity contribution is 0.297. The van der Waals surface area contributed by atoms with E-state index in [1.54, 1.807) is 12.2 Å². The average molecular weight is 373 g/mol. The summed E-state index contributed by atoms with van der Waals surface area (Å²) in [6.07, 6.45) is 3.47. The van der Waals surface area contributed by atoms with E-state index in [0.717, 1.165) is 16.6 Å². The number of imidazole rings is 1. The summed E-state index contributed by atoms with van der Waals surface area (Å²) in [5.74, 6) is 1.82. The highest BCUT2D eigenvalue weighted by Gasteiger charge is 2.11. The van der Waals surface area contributed by atoms with Gasteiger partial charge in [-0.05, 0) is 67.8 Å². The zero-order valence-electron chi connectivity index (χ0n) is 16.4. The number of allylic oxidation sites excluding steroid dienone is 1. The summed E-state index contributed by atoms with van der Waals surface area (Å²) >= 11 is 0. The lowest BCUT2D eigenvalue weighted by Gasteiger charge is -2.11. The summed E-state index contributed by atoms with van der Waals surface area (Å²) in [5, 5.41) is 9.67. The number of nitrogens with one attached hydrogen (secondary N) is 1. The number of hydrogen-bond donors (Lipinski definition) is 1. The second-order valence-electron chi connectivity index (χ2n) is 6.45. The van der Waals surface area contributed by atoms with Gasteiger partial charge in [-0.3, -0.25) is 0 Å². The van der Waals surface area contributed by atoms with Crippen molar-refractivity contribution in [1.82, 2.24) is 9.97 Å². The third-order valence-electron chi connectivity index (χ3n) is 4.41. The zero-order valence-corrected chi connectivity index (χ0v) is 16.4. The molecule has 0 radical (unpaired) electrons. The Kier molecular flexibility index (Phi) is 5.81. The minimum atomic E-state index is 0.399. The summed E-state index contributed by atoms with van der Waals surface area (Å²) in [5.41, 5.74) is 5.41. The lowest BCUT2D eigenvalue weighted by atomic mass is 10.1. The highest BCUT2D eigenvalue weighted by Crippen LogP contribution is 2.30. The zero-order chi connectivity index (χ0) is 20.1. The highest BCUT2D eigenvalue weighted by molar-refractivity contribution is 5.90. The van der Waals surface area contributed by atoms with Crippen LogP contribution in [0.3, 0.4) is 0 Å². The molecule has 5 heteroatoms. The largest absolute Gasteiger partial charge is 0.490 e. The van der Waals surface area contributed by atoms with Crippen molar-refractivity contribution in [2.24, 2.45) is 0 Å². The minimum Gasteiger partial charge on any atom is -0.490 e. The molecule has 28 heavy (non-hydrogen) atoms. The molecule has 0 aliphatic heterocycles. The molecule has 0 saturated carbocycles. The molecule has 0 spiro atoms. The molecule has 0 amide bonds. The molecular formula is C23H23N3O2. The predicted octanol–water partition coefficient (Wildman–Crippen LogP) is 5.21. The number of fused-ring (bicyclic) bond motifs is 1. The first-order valence-electron chi connectivity index (χ1n) is 9.15. The maximum absolute atomic E-state index is 9.67. The van der Waals surface area contributed by atoms with E-state index < -0.39 is 0 Å². The van der Waals surface area contributed by atoms with Crippen LogP contribution in [0, 0.1) is 25.2 Å². The Morgan fingerprint density at radius 1 is 1.18 bits per heavy atom. The molecule has 0 aliphatic carbocycles. The van der Waals surface area contributed by atoms with Gasteiger partial charge < -0.3 is 14.5 Å². The van der Waals surface area contributed by atoms with Crippen LogP contribution in [0.5, 0.6) is 11.5 Å². The number of nitriles is 1. The Bertz CT molecular complexity index is 1050. The number of aromatic nitrogens is 2. The number of nitrogens with zero attached hydrogens (tertiary/aromatic N) is 2. The van der Waals surface area contributed by atoms with Crippen molar-refractivity contribution in [1.29, 1.82) is 5.26 Å². The molecule has 0 atom stereocenters. The minimum absolute atomic E-state index is 0.399. The number of rotatable bonds is 7. The molecule has 0 bridgehead atoms. The van der Waals surface area contributed by atoms with Gasteiger partial charge in [-0.1, -0.05) is 18.7 Å². The molecule has 1 heterocycles. The summed E-state index contributed by atoms with van der Waals surface area (Å²) < 4.78 is 11.3. The number of aromatic amines is 1. The van der Waals surface area contributed by atoms with Crippen molar-refractivity contribution in [3.05, 3.63) is 65.5 Å². The van der Waals surface area contributed by atoms with Gasteiger partial charge in [-0.15, -0.1) is 0 Å². The maximum Gasteiger partial charge on any atom is 0.161 e. The number of hydrogen-bond acceptors (Lipinski definition) is 4. The van der Waals surface area contributed by atoms with E-state index in [1.165, 1.54) is 11.1 Å². The van der Waals surface area contributed by atoms with E-state index in [2.05, 4.69) is 42.5 Å². The Balaban J connectivity index is 1.99. The smallest absolute Gasteiger partial charge is 0.161 e. The van der Waals surface area contributed by atoms with Crippen LogP contribution in [0.2, 0.25) is 0 Å². The summed E-state index contributed by atoms with van der Waals surface area (Å²) in [7, 11) is 0. The molecule has 1 aromatic heterocycles. The molecule has 142 valence electrons. The lowest BCUT2D eigenvalue weighted by Crippen LogP contribution is -1.99. The number of H-pyrrole nitrogens is 1. The molecule has 2 aromatic carbocycles. The van der Waals surface area contributed by atoms with E-state index in [4.69, 9.17) is 9.47 Å². The van der Waals surface area contributed by atoms with E-state index in [-0.39, 0.29) is 0 Å². The van der Waals surface area contributed by atoms with Gasteiger partial charge in [0.2, 0.25) is 0 Å². The molecular weight excluding hydrogens is 350 g/mol. The molecule has 0 saturated heterocycles. The molecule has 3 aromatic rings. The number of aryl methyl sites for hydroxylation is 2. The van der Waals surface area contributed by atoms with E-state index >= 15 is 0 Å². The van der Waals surface area contributed by atoms with E-state index in [1.807, 2.05) is 31.2 Å². The normalized spacial score (nSPS) is 11.3. The quantitative estimate of drug-likeness (QED) is 0.456. The van der Waals surface area contributed by atoms with Crippen molar-refractivity contribution < 1.29 is 9.47 Å². The van der Waals surface area contributed by atoms with Crippen molar-refractivity contribution in [3.63, 3.8) is 0 Å². The third kappa shape index (κ3) is 4.07. The Morgan fingerprint density at radius 2 is 1.96 bits per heavy atom. The van der Waals surface area contributed by atoms with Crippen molar-refractivity contribution >= 4 is 22.7 Å². The first-order valence-corrected chi connectivity index (χ1v) is 9.15. The first kappa shape index (κ1) is 19.2. The van der Waals surface area contributed by atoms with Gasteiger partial charge in [0.1, 0.15) is 18.5 Å². The predicted molar refractivity (Wildman–Crippen MR) is 112 cm³/mol. The highest BCUT2D eigenvalue weighted by atomic mass is 16.5. The van der Waals surface area contributed by atoms with Crippen molar-refractivity contribution in [3.8, 4) is 17.6 Å². The van der Waals surface area contributed by atoms with Gasteiger partial charge in [-0.2, -0.15) is 5.26 Å². The fraction of sp³-hybridized carbons (Fsp3) is 0.217. The second kappa shape index (κ2) is 8.45. The monoisotopic (exact) mass is 373 g/mol. The Morgan fingerprint density at radius 3 is 2.68 bits per heavy atom. The van der Waals surface area contributed by atoms with Gasteiger partial charge >= 0.3 is 0 Å². The number of ether oxygens (including phenoxy) is 2. The van der Waals surface area contributed by atoms with Crippen molar-refractivity contribution in [2.75, 3.05) is 13.2 Å². The van der Waals surface area contributed by atoms with Crippen LogP contribution in [0.15, 0.2) is 43.0 Å². The van der Waals surface area contributed by atoms with Gasteiger partial charge in [0.05, 0.1) is 23.2 Å². The van der Waals surface area contributed by atoms with E-state index in [9.17, 15) is 5.26 Å². The van der Waals surface area contributed by atoms with Gasteiger partial charge in [0.15, 0.2) is 11.5 Å². The first-order chi connectivity index (χ1) is 13.5. The molecule has 0 fully saturated rings. The maximum atomic E-state index is 9.67. The van der Waals surface area contributed by atoms with Crippen LogP contribution in [0.4, 0.5) is 0 Å². The van der Waals surface area contributed by atoms with Crippen LogP contribution < -0.4 is 9.47 Å². The number of benzene rings is 2. The average Bonchev–Trinajstić information content (AvgIpc) is 3.08. The van der Waals surface area contributed by atoms with Gasteiger partial charge in [0.25, 0.3) is 0 Å². The third-order valence-corrected chi connectivity index (χ3v) is 4.41. The van der Waals surface area contributed by atoms with E-state index in [0.29, 0.717) is 36.1 Å². The molecule has 3 rings (SSSR count). The summed E-state index contributed by atoms with van der Waals surface area (Å²) in [6, 6.07) is 11.9. The molecule has 0 unspecified atom stereocenters. The fourth-order valence-corrected chi connectivity index (χ4v) is 2.87. The molecule has 0 aliphatic rings. The second-order valence-corrected chi connectivity index (χ2v) is 6.45. The SMILES string of the molecule is C=CCOc1ccc(/C=C(\C#N)c2nc3cc(C)c(C)cc3[nH]2)cc1OCC. The van der Waals surface area contributed by atoms with Crippen molar-refractivity contribution in [2.45, 2.75) is 20.8 Å². The van der Waals surface area contributed by atoms with Crippen LogP contribution in [0.25, 0.3) is 22.7 Å². The Hall–Kier alpha value is -3.52. The van der Waals surface area contributed by atoms with Crippen LogP contribution in [-0.4, -0.2) is 23.2 Å². The van der Waals surface area contributed by atoms with Crippen LogP contribution in [0.1, 0.15) is 29.4 Å². The van der Waals surface area contributed by atoms with Crippen LogP contribution in [-0.2, 0) is 0 Å². The van der Waals surface area contributed by atoms with Gasteiger partial charge in [0, 0.05) is 0 Å². The molecule has 5 nitrogen and oxygen atoms in total. The van der Waals surface area contributed by atoms with Crippen LogP contribution >= 0.6 is 0 Å². The molecule has 1 N–H and O–H groups in total. The summed E-state index contributed by atoms with van der Waals surface area (Å²) in [6.45, 7) is 10.6. The fourth-order valence-electron chi connectivity index (χ4n) is 2.87. The topological polar surface area (TPSA) is 70.9 Å². The van der Waals surface area contributed by atoms with Gasteiger partial charge in [-0.25, -0.2) is 4.98 Å².